The van der Waals surface area contributed by atoms with Crippen LogP contribution in [0.4, 0.5) is 0 Å². The molecule has 2 nitrogen and oxygen atoms in total. The Morgan fingerprint density at radius 3 is 2.48 bits per heavy atom. The Morgan fingerprint density at radius 2 is 1.90 bits per heavy atom. The van der Waals surface area contributed by atoms with Crippen molar-refractivity contribution in [1.82, 2.24) is 5.32 Å². The van der Waals surface area contributed by atoms with E-state index in [0.717, 1.165) is 18.2 Å². The maximum atomic E-state index is 5.60. The van der Waals surface area contributed by atoms with E-state index in [0.29, 0.717) is 12.6 Å². The number of rotatable bonds is 6. The number of hydrogen-bond donors (Lipinski definition) is 1. The average molecular weight is 354 g/mol. The Balaban J connectivity index is 2.20. The van der Waals surface area contributed by atoms with Gasteiger partial charge in [0.1, 0.15) is 5.75 Å². The fourth-order valence-electron chi connectivity index (χ4n) is 3.41. The third-order valence-corrected chi connectivity index (χ3v) is 5.10. The van der Waals surface area contributed by atoms with Crippen molar-refractivity contribution in [2.24, 2.45) is 5.92 Å². The van der Waals surface area contributed by atoms with Gasteiger partial charge in [0.05, 0.1) is 6.61 Å². The highest BCUT2D eigenvalue weighted by molar-refractivity contribution is 9.10. The lowest BCUT2D eigenvalue weighted by Gasteiger charge is -2.28. The van der Waals surface area contributed by atoms with Crippen molar-refractivity contribution >= 4 is 15.9 Å². The predicted molar refractivity (Wildman–Crippen MR) is 92.9 cm³/mol. The lowest BCUT2D eigenvalue weighted by atomic mass is 9.87. The fourth-order valence-corrected chi connectivity index (χ4v) is 4.02. The predicted octanol–water partition coefficient (Wildman–Crippen LogP) is 5.47. The fraction of sp³-hybridized carbons (Fsp3) is 0.667. The summed E-state index contributed by atoms with van der Waals surface area (Å²) in [7, 11) is 0. The van der Waals surface area contributed by atoms with Crippen LogP contribution in [-0.2, 0) is 0 Å². The molecule has 1 atom stereocenters. The molecule has 118 valence electrons. The van der Waals surface area contributed by atoms with Crippen molar-refractivity contribution in [2.75, 3.05) is 13.2 Å². The minimum atomic E-state index is 0.457. The summed E-state index contributed by atoms with van der Waals surface area (Å²) in [5.74, 6) is 1.70. The number of halogens is 1. The van der Waals surface area contributed by atoms with Crippen LogP contribution in [-0.4, -0.2) is 13.2 Å². The second-order valence-corrected chi connectivity index (χ2v) is 6.76. The summed E-state index contributed by atoms with van der Waals surface area (Å²) in [5, 5.41) is 3.72. The molecular weight excluding hydrogens is 326 g/mol. The van der Waals surface area contributed by atoms with Gasteiger partial charge < -0.3 is 10.1 Å². The average Bonchev–Trinajstić information content (AvgIpc) is 2.75. The molecule has 1 fully saturated rings. The van der Waals surface area contributed by atoms with E-state index in [2.05, 4.69) is 46.4 Å². The molecule has 0 radical (unpaired) electrons. The molecule has 2 rings (SSSR count). The van der Waals surface area contributed by atoms with Gasteiger partial charge >= 0.3 is 0 Å². The first-order valence-electron chi connectivity index (χ1n) is 8.41. The maximum absolute atomic E-state index is 5.60. The topological polar surface area (TPSA) is 21.3 Å². The van der Waals surface area contributed by atoms with Crippen molar-refractivity contribution in [3.8, 4) is 5.75 Å². The molecule has 1 unspecified atom stereocenters. The Hall–Kier alpha value is -0.540. The Morgan fingerprint density at radius 1 is 1.19 bits per heavy atom. The monoisotopic (exact) mass is 353 g/mol. The summed E-state index contributed by atoms with van der Waals surface area (Å²) in [4.78, 5) is 0. The molecule has 1 saturated carbocycles. The first-order valence-corrected chi connectivity index (χ1v) is 9.21. The number of ether oxygens (including phenoxy) is 1. The van der Waals surface area contributed by atoms with Gasteiger partial charge in [-0.1, -0.05) is 54.6 Å². The van der Waals surface area contributed by atoms with E-state index in [1.807, 2.05) is 6.92 Å². The third-order valence-electron chi connectivity index (χ3n) is 4.41. The lowest BCUT2D eigenvalue weighted by Crippen LogP contribution is -2.28. The maximum Gasteiger partial charge on any atom is 0.120 e. The molecule has 1 aromatic carbocycles. The molecule has 1 N–H and O–H groups in total. The van der Waals surface area contributed by atoms with Crippen molar-refractivity contribution in [3.63, 3.8) is 0 Å². The number of nitrogens with one attached hydrogen (secondary N) is 1. The highest BCUT2D eigenvalue weighted by Gasteiger charge is 2.25. The van der Waals surface area contributed by atoms with Crippen LogP contribution in [0.15, 0.2) is 22.7 Å². The van der Waals surface area contributed by atoms with E-state index in [4.69, 9.17) is 4.74 Å². The van der Waals surface area contributed by atoms with Crippen LogP contribution in [0.5, 0.6) is 5.75 Å². The van der Waals surface area contributed by atoms with E-state index in [1.54, 1.807) is 0 Å². The molecule has 0 aromatic heterocycles. The van der Waals surface area contributed by atoms with Crippen LogP contribution in [0.3, 0.4) is 0 Å². The smallest absolute Gasteiger partial charge is 0.120 e. The minimum absolute atomic E-state index is 0.457. The molecule has 0 saturated heterocycles. The molecule has 0 spiro atoms. The van der Waals surface area contributed by atoms with Crippen LogP contribution in [0.1, 0.15) is 64.0 Å². The van der Waals surface area contributed by atoms with Crippen LogP contribution in [0.2, 0.25) is 0 Å². The van der Waals surface area contributed by atoms with Gasteiger partial charge in [0.2, 0.25) is 0 Å². The highest BCUT2D eigenvalue weighted by Crippen LogP contribution is 2.37. The molecule has 0 amide bonds. The van der Waals surface area contributed by atoms with Crippen molar-refractivity contribution in [2.45, 2.75) is 58.4 Å². The molecule has 1 aliphatic carbocycles. The SMILES string of the molecule is CCNC(c1ccc(OCC)cc1Br)C1CCCCCC1. The zero-order chi connectivity index (χ0) is 15.1. The Labute approximate surface area is 137 Å². The quantitative estimate of drug-likeness (QED) is 0.684. The second kappa shape index (κ2) is 8.79. The van der Waals surface area contributed by atoms with E-state index in [-0.39, 0.29) is 0 Å². The first kappa shape index (κ1) is 16.8. The van der Waals surface area contributed by atoms with Gasteiger partial charge in [-0.15, -0.1) is 0 Å². The molecular formula is C18H28BrNO. The summed E-state index contributed by atoms with van der Waals surface area (Å²) in [5.41, 5.74) is 1.38. The van der Waals surface area contributed by atoms with E-state index in [1.165, 1.54) is 48.6 Å². The van der Waals surface area contributed by atoms with Gasteiger partial charge in [-0.25, -0.2) is 0 Å². The molecule has 1 aromatic rings. The van der Waals surface area contributed by atoms with Crippen molar-refractivity contribution in [3.05, 3.63) is 28.2 Å². The van der Waals surface area contributed by atoms with Gasteiger partial charge in [0.15, 0.2) is 0 Å². The standard InChI is InChI=1S/C18H28BrNO/c1-3-20-18(14-9-7-5-6-8-10-14)16-12-11-15(21-4-2)13-17(16)19/h11-14,18,20H,3-10H2,1-2H3. The van der Waals surface area contributed by atoms with Gasteiger partial charge in [0, 0.05) is 10.5 Å². The largest absolute Gasteiger partial charge is 0.494 e. The van der Waals surface area contributed by atoms with Gasteiger partial charge in [-0.3, -0.25) is 0 Å². The first-order chi connectivity index (χ1) is 10.3. The van der Waals surface area contributed by atoms with Gasteiger partial charge in [-0.05, 0) is 49.9 Å². The van der Waals surface area contributed by atoms with E-state index in [9.17, 15) is 0 Å². The lowest BCUT2D eigenvalue weighted by molar-refractivity contribution is 0.326. The van der Waals surface area contributed by atoms with Crippen LogP contribution < -0.4 is 10.1 Å². The Kier molecular flexibility index (Phi) is 7.05. The highest BCUT2D eigenvalue weighted by atomic mass is 79.9. The van der Waals surface area contributed by atoms with Gasteiger partial charge in [-0.2, -0.15) is 0 Å². The second-order valence-electron chi connectivity index (χ2n) is 5.90. The number of benzene rings is 1. The summed E-state index contributed by atoms with van der Waals surface area (Å²) in [6, 6.07) is 6.90. The normalized spacial score (nSPS) is 18.2. The van der Waals surface area contributed by atoms with Gasteiger partial charge in [0.25, 0.3) is 0 Å². The molecule has 0 aliphatic heterocycles. The van der Waals surface area contributed by atoms with Crippen LogP contribution in [0.25, 0.3) is 0 Å². The van der Waals surface area contributed by atoms with E-state index >= 15 is 0 Å². The van der Waals surface area contributed by atoms with Crippen LogP contribution >= 0.6 is 15.9 Å². The zero-order valence-corrected chi connectivity index (χ0v) is 14.9. The summed E-state index contributed by atoms with van der Waals surface area (Å²) in [6.45, 7) is 5.95. The van der Waals surface area contributed by atoms with Crippen molar-refractivity contribution in [1.29, 1.82) is 0 Å². The minimum Gasteiger partial charge on any atom is -0.494 e. The molecule has 0 bridgehead atoms. The van der Waals surface area contributed by atoms with Crippen molar-refractivity contribution < 1.29 is 4.74 Å². The molecule has 3 heteroatoms. The van der Waals surface area contributed by atoms with E-state index < -0.39 is 0 Å². The number of hydrogen-bond acceptors (Lipinski definition) is 2. The summed E-state index contributed by atoms with van der Waals surface area (Å²) in [6.07, 6.45) is 8.25. The summed E-state index contributed by atoms with van der Waals surface area (Å²) < 4.78 is 6.77. The summed E-state index contributed by atoms with van der Waals surface area (Å²) >= 11 is 3.75. The molecule has 21 heavy (non-hydrogen) atoms. The Bertz CT molecular complexity index is 427. The van der Waals surface area contributed by atoms with Crippen LogP contribution in [0, 0.1) is 5.92 Å². The molecule has 0 heterocycles. The third kappa shape index (κ3) is 4.72. The zero-order valence-electron chi connectivity index (χ0n) is 13.3. The molecule has 1 aliphatic rings.